The van der Waals surface area contributed by atoms with E-state index >= 15 is 0 Å². The van der Waals surface area contributed by atoms with Gasteiger partial charge in [0.1, 0.15) is 5.75 Å². The molecule has 0 fully saturated rings. The van der Waals surface area contributed by atoms with E-state index in [1.807, 2.05) is 13.8 Å². The van der Waals surface area contributed by atoms with Gasteiger partial charge in [-0.2, -0.15) is 0 Å². The molecule has 0 spiro atoms. The minimum Gasteiger partial charge on any atom is -0.410 e. The van der Waals surface area contributed by atoms with Gasteiger partial charge in [0, 0.05) is 37.0 Å². The molecule has 1 heterocycles. The van der Waals surface area contributed by atoms with Gasteiger partial charge in [0.25, 0.3) is 0 Å². The molecule has 0 saturated heterocycles. The van der Waals surface area contributed by atoms with Crippen LogP contribution in [0.25, 0.3) is 0 Å². The standard InChI is InChI=1S/C18H19FN4O3.C2H6/c1-22(2)17(24)21-13-7-6-11-9-23(18(25)26-15(11)8-13)10-12-4-3-5-14(20)16(12)19;1-2/h3-8H,9-10,20H2,1-2H3,(H,21,24);1-2H3. The molecule has 3 rings (SSSR count). The zero-order valence-electron chi connectivity index (χ0n) is 16.5. The van der Waals surface area contributed by atoms with Crippen LogP contribution in [-0.4, -0.2) is 36.0 Å². The quantitative estimate of drug-likeness (QED) is 0.777. The number of nitrogens with zero attached hydrogens (tertiary/aromatic N) is 2. The minimum absolute atomic E-state index is 0.0366. The van der Waals surface area contributed by atoms with Gasteiger partial charge in [-0.1, -0.05) is 32.0 Å². The van der Waals surface area contributed by atoms with Gasteiger partial charge in [-0.25, -0.2) is 14.0 Å². The van der Waals surface area contributed by atoms with E-state index in [-0.39, 0.29) is 24.8 Å². The van der Waals surface area contributed by atoms with Crippen LogP contribution in [0.3, 0.4) is 0 Å². The maximum Gasteiger partial charge on any atom is 0.415 e. The molecule has 0 bridgehead atoms. The molecule has 0 unspecified atom stereocenters. The molecule has 0 aromatic heterocycles. The molecule has 8 heteroatoms. The zero-order chi connectivity index (χ0) is 20.8. The smallest absolute Gasteiger partial charge is 0.410 e. The van der Waals surface area contributed by atoms with E-state index in [1.54, 1.807) is 44.4 Å². The Morgan fingerprint density at radius 2 is 2.00 bits per heavy atom. The highest BCUT2D eigenvalue weighted by Gasteiger charge is 2.26. The molecule has 0 aliphatic carbocycles. The number of halogens is 1. The van der Waals surface area contributed by atoms with E-state index in [1.165, 1.54) is 15.9 Å². The summed E-state index contributed by atoms with van der Waals surface area (Å²) in [5, 5.41) is 2.69. The van der Waals surface area contributed by atoms with E-state index in [2.05, 4.69) is 5.32 Å². The molecule has 2 aromatic carbocycles. The molecule has 1 aliphatic heterocycles. The van der Waals surface area contributed by atoms with Crippen molar-refractivity contribution >= 4 is 23.5 Å². The topological polar surface area (TPSA) is 87.9 Å². The number of carbonyl (C=O) groups is 2. The first-order chi connectivity index (χ1) is 13.3. The van der Waals surface area contributed by atoms with Gasteiger partial charge in [0.05, 0.1) is 18.8 Å². The van der Waals surface area contributed by atoms with Crippen LogP contribution < -0.4 is 15.8 Å². The second kappa shape index (κ2) is 9.07. The summed E-state index contributed by atoms with van der Waals surface area (Å²) in [5.41, 5.74) is 7.20. The highest BCUT2D eigenvalue weighted by atomic mass is 19.1. The van der Waals surface area contributed by atoms with Crippen molar-refractivity contribution in [1.29, 1.82) is 0 Å². The maximum absolute atomic E-state index is 14.1. The van der Waals surface area contributed by atoms with E-state index in [9.17, 15) is 14.0 Å². The number of hydrogen-bond acceptors (Lipinski definition) is 4. The molecule has 1 aliphatic rings. The Labute approximate surface area is 163 Å². The monoisotopic (exact) mass is 388 g/mol. The summed E-state index contributed by atoms with van der Waals surface area (Å²) in [6.45, 7) is 4.32. The summed E-state index contributed by atoms with van der Waals surface area (Å²) < 4.78 is 19.4. The third-order valence-corrected chi connectivity index (χ3v) is 4.01. The third kappa shape index (κ3) is 4.70. The third-order valence-electron chi connectivity index (χ3n) is 4.01. The normalized spacial score (nSPS) is 12.3. The van der Waals surface area contributed by atoms with Crippen molar-refractivity contribution in [3.8, 4) is 5.75 Å². The highest BCUT2D eigenvalue weighted by molar-refractivity contribution is 5.89. The van der Waals surface area contributed by atoms with Crippen molar-refractivity contribution in [2.75, 3.05) is 25.1 Å². The first-order valence-electron chi connectivity index (χ1n) is 8.96. The van der Waals surface area contributed by atoms with Crippen LogP contribution in [0, 0.1) is 5.82 Å². The Hall–Kier alpha value is -3.29. The lowest BCUT2D eigenvalue weighted by Crippen LogP contribution is -2.36. The van der Waals surface area contributed by atoms with Crippen LogP contribution >= 0.6 is 0 Å². The Morgan fingerprint density at radius 1 is 1.29 bits per heavy atom. The van der Waals surface area contributed by atoms with Crippen LogP contribution in [-0.2, 0) is 13.1 Å². The minimum atomic E-state index is -0.588. The lowest BCUT2D eigenvalue weighted by Gasteiger charge is -2.28. The number of nitrogens with two attached hydrogens (primary N) is 1. The predicted octanol–water partition coefficient (Wildman–Crippen LogP) is 4.04. The van der Waals surface area contributed by atoms with Gasteiger partial charge < -0.3 is 20.7 Å². The van der Waals surface area contributed by atoms with Crippen LogP contribution in [0.15, 0.2) is 36.4 Å². The first-order valence-corrected chi connectivity index (χ1v) is 8.96. The number of fused-ring (bicyclic) bond motifs is 1. The summed E-state index contributed by atoms with van der Waals surface area (Å²) in [5.74, 6) is -0.163. The zero-order valence-corrected chi connectivity index (χ0v) is 16.5. The van der Waals surface area contributed by atoms with E-state index in [0.29, 0.717) is 17.0 Å². The van der Waals surface area contributed by atoms with Gasteiger partial charge in [0.15, 0.2) is 5.82 Å². The SMILES string of the molecule is CC.CN(C)C(=O)Nc1ccc2c(c1)OC(=O)N(Cc1cccc(N)c1F)C2. The van der Waals surface area contributed by atoms with Crippen molar-refractivity contribution < 1.29 is 18.7 Å². The fraction of sp³-hybridized carbons (Fsp3) is 0.300. The summed E-state index contributed by atoms with van der Waals surface area (Å²) in [6, 6.07) is 9.46. The van der Waals surface area contributed by atoms with Gasteiger partial charge in [0.2, 0.25) is 0 Å². The van der Waals surface area contributed by atoms with Crippen molar-refractivity contribution in [3.05, 3.63) is 53.3 Å². The second-order valence-corrected chi connectivity index (χ2v) is 6.19. The molecule has 2 aromatic rings. The molecule has 28 heavy (non-hydrogen) atoms. The molecular formula is C20H25FN4O3. The number of ether oxygens (including phenoxy) is 1. The van der Waals surface area contributed by atoms with E-state index in [4.69, 9.17) is 10.5 Å². The summed E-state index contributed by atoms with van der Waals surface area (Å²) in [7, 11) is 3.25. The number of hydrogen-bond donors (Lipinski definition) is 2. The predicted molar refractivity (Wildman–Crippen MR) is 107 cm³/mol. The lowest BCUT2D eigenvalue weighted by molar-refractivity contribution is 0.134. The van der Waals surface area contributed by atoms with Crippen molar-refractivity contribution in [1.82, 2.24) is 9.80 Å². The number of benzene rings is 2. The molecular weight excluding hydrogens is 363 g/mol. The van der Waals surface area contributed by atoms with Crippen molar-refractivity contribution in [3.63, 3.8) is 0 Å². The van der Waals surface area contributed by atoms with Gasteiger partial charge in [-0.15, -0.1) is 0 Å². The number of urea groups is 1. The molecule has 150 valence electrons. The van der Waals surface area contributed by atoms with Gasteiger partial charge in [-0.3, -0.25) is 4.90 Å². The van der Waals surface area contributed by atoms with E-state index in [0.717, 1.165) is 5.56 Å². The van der Waals surface area contributed by atoms with Crippen molar-refractivity contribution in [2.45, 2.75) is 26.9 Å². The molecule has 3 amide bonds. The Kier molecular flexibility index (Phi) is 6.81. The summed E-state index contributed by atoms with van der Waals surface area (Å²) >= 11 is 0. The molecule has 0 radical (unpaired) electrons. The maximum atomic E-state index is 14.1. The molecule has 0 saturated carbocycles. The molecule has 3 N–H and O–H groups in total. The number of amides is 3. The van der Waals surface area contributed by atoms with Crippen LogP contribution in [0.4, 0.5) is 25.4 Å². The highest BCUT2D eigenvalue weighted by Crippen LogP contribution is 2.30. The molecule has 7 nitrogen and oxygen atoms in total. The van der Waals surface area contributed by atoms with Crippen molar-refractivity contribution in [2.24, 2.45) is 0 Å². The number of nitrogen functional groups attached to an aromatic ring is 1. The summed E-state index contributed by atoms with van der Waals surface area (Å²) in [4.78, 5) is 26.7. The van der Waals surface area contributed by atoms with Gasteiger partial charge >= 0.3 is 12.1 Å². The Balaban J connectivity index is 0.00000136. The van der Waals surface area contributed by atoms with Crippen LogP contribution in [0.5, 0.6) is 5.75 Å². The fourth-order valence-corrected chi connectivity index (χ4v) is 2.57. The first kappa shape index (κ1) is 21.0. The second-order valence-electron chi connectivity index (χ2n) is 6.19. The summed E-state index contributed by atoms with van der Waals surface area (Å²) in [6.07, 6.45) is -0.588. The van der Waals surface area contributed by atoms with Crippen LogP contribution in [0.2, 0.25) is 0 Å². The fourth-order valence-electron chi connectivity index (χ4n) is 2.57. The van der Waals surface area contributed by atoms with Crippen LogP contribution in [0.1, 0.15) is 25.0 Å². The lowest BCUT2D eigenvalue weighted by atomic mass is 10.1. The number of anilines is 2. The van der Waals surface area contributed by atoms with Gasteiger partial charge in [-0.05, 0) is 12.1 Å². The van der Waals surface area contributed by atoms with E-state index < -0.39 is 11.9 Å². The largest absolute Gasteiger partial charge is 0.415 e. The average Bonchev–Trinajstić information content (AvgIpc) is 2.67. The number of nitrogens with one attached hydrogen (secondary N) is 1. The Bertz CT molecular complexity index is 871. The number of rotatable bonds is 3. The number of carbonyl (C=O) groups excluding carboxylic acids is 2. The Morgan fingerprint density at radius 3 is 2.68 bits per heavy atom. The average molecular weight is 388 g/mol. The molecule has 0 atom stereocenters.